The van der Waals surface area contributed by atoms with Crippen molar-refractivity contribution in [3.05, 3.63) is 51.8 Å². The molecule has 0 fully saturated rings. The lowest BCUT2D eigenvalue weighted by Gasteiger charge is -2.08. The monoisotopic (exact) mass is 335 g/mol. The van der Waals surface area contributed by atoms with E-state index in [-0.39, 0.29) is 0 Å². The van der Waals surface area contributed by atoms with Gasteiger partial charge in [0.05, 0.1) is 12.7 Å². The average Bonchev–Trinajstić information content (AvgIpc) is 2.71. The molecule has 1 N–H and O–H groups in total. The number of hydrogen-bond acceptors (Lipinski definition) is 2. The Morgan fingerprint density at radius 2 is 2.15 bits per heavy atom. The minimum atomic E-state index is 0.673. The second-order valence-electron chi connectivity index (χ2n) is 5.57. The fourth-order valence-electron chi connectivity index (χ4n) is 2.12. The predicted octanol–water partition coefficient (Wildman–Crippen LogP) is 3.75. The Balaban J connectivity index is 2.01. The van der Waals surface area contributed by atoms with E-state index in [0.29, 0.717) is 5.92 Å². The summed E-state index contributed by atoms with van der Waals surface area (Å²) in [5.74, 6) is 0.673. The summed E-state index contributed by atoms with van der Waals surface area (Å²) in [5, 5.41) is 7.97. The van der Waals surface area contributed by atoms with E-state index in [9.17, 15) is 0 Å². The molecule has 0 amide bonds. The van der Waals surface area contributed by atoms with Gasteiger partial charge in [-0.25, -0.2) is 0 Å². The lowest BCUT2D eigenvalue weighted by Crippen LogP contribution is -2.19. The first-order valence-electron chi connectivity index (χ1n) is 7.02. The van der Waals surface area contributed by atoms with Gasteiger partial charge in [-0.1, -0.05) is 41.9 Å². The Bertz CT molecular complexity index is 561. The average molecular weight is 336 g/mol. The third kappa shape index (κ3) is 4.18. The SMILES string of the molecule is Cc1c(CNCC(C)C)cnn1Cc1cccc(Br)c1. The number of hydrogen-bond donors (Lipinski definition) is 1. The van der Waals surface area contributed by atoms with Crippen molar-refractivity contribution in [3.8, 4) is 0 Å². The van der Waals surface area contributed by atoms with Gasteiger partial charge in [0.25, 0.3) is 0 Å². The van der Waals surface area contributed by atoms with Gasteiger partial charge in [0, 0.05) is 22.3 Å². The van der Waals surface area contributed by atoms with Gasteiger partial charge < -0.3 is 5.32 Å². The third-order valence-electron chi connectivity index (χ3n) is 3.29. The zero-order chi connectivity index (χ0) is 14.5. The summed E-state index contributed by atoms with van der Waals surface area (Å²) in [6, 6.07) is 8.37. The molecular formula is C16H22BrN3. The molecule has 4 heteroatoms. The number of rotatable bonds is 6. The van der Waals surface area contributed by atoms with E-state index in [1.807, 2.05) is 12.3 Å². The van der Waals surface area contributed by atoms with Crippen LogP contribution in [-0.4, -0.2) is 16.3 Å². The van der Waals surface area contributed by atoms with Gasteiger partial charge in [-0.3, -0.25) is 4.68 Å². The Kier molecular flexibility index (Phi) is 5.38. The first kappa shape index (κ1) is 15.3. The van der Waals surface area contributed by atoms with E-state index in [4.69, 9.17) is 0 Å². The van der Waals surface area contributed by atoms with Crippen LogP contribution in [0.4, 0.5) is 0 Å². The molecule has 0 aliphatic rings. The highest BCUT2D eigenvalue weighted by molar-refractivity contribution is 9.10. The molecule has 0 aliphatic carbocycles. The van der Waals surface area contributed by atoms with Crippen LogP contribution in [0.25, 0.3) is 0 Å². The van der Waals surface area contributed by atoms with Gasteiger partial charge in [-0.2, -0.15) is 5.10 Å². The molecule has 3 nitrogen and oxygen atoms in total. The van der Waals surface area contributed by atoms with Crippen molar-refractivity contribution < 1.29 is 0 Å². The van der Waals surface area contributed by atoms with Crippen molar-refractivity contribution in [2.75, 3.05) is 6.54 Å². The largest absolute Gasteiger partial charge is 0.312 e. The molecule has 0 radical (unpaired) electrons. The molecule has 20 heavy (non-hydrogen) atoms. The van der Waals surface area contributed by atoms with Gasteiger partial charge in [0.15, 0.2) is 0 Å². The van der Waals surface area contributed by atoms with Crippen molar-refractivity contribution in [1.29, 1.82) is 0 Å². The van der Waals surface area contributed by atoms with Crippen molar-refractivity contribution >= 4 is 15.9 Å². The summed E-state index contributed by atoms with van der Waals surface area (Å²) in [4.78, 5) is 0. The van der Waals surface area contributed by atoms with E-state index >= 15 is 0 Å². The van der Waals surface area contributed by atoms with E-state index < -0.39 is 0 Å². The van der Waals surface area contributed by atoms with E-state index in [1.165, 1.54) is 16.8 Å². The number of halogens is 1. The normalized spacial score (nSPS) is 11.2. The summed E-state index contributed by atoms with van der Waals surface area (Å²) in [5.41, 5.74) is 3.77. The van der Waals surface area contributed by atoms with Crippen molar-refractivity contribution in [2.24, 2.45) is 5.92 Å². The van der Waals surface area contributed by atoms with Crippen molar-refractivity contribution in [1.82, 2.24) is 15.1 Å². The first-order chi connectivity index (χ1) is 9.56. The van der Waals surface area contributed by atoms with E-state index in [1.54, 1.807) is 0 Å². The van der Waals surface area contributed by atoms with Gasteiger partial charge in [0.2, 0.25) is 0 Å². The minimum absolute atomic E-state index is 0.673. The Labute approximate surface area is 129 Å². The molecule has 0 spiro atoms. The number of nitrogens with one attached hydrogen (secondary N) is 1. The standard InChI is InChI=1S/C16H22BrN3/c1-12(2)8-18-9-15-10-19-20(13(15)3)11-14-5-4-6-16(17)7-14/h4-7,10,12,18H,8-9,11H2,1-3H3. The lowest BCUT2D eigenvalue weighted by molar-refractivity contribution is 0.551. The van der Waals surface area contributed by atoms with Crippen LogP contribution in [0, 0.1) is 12.8 Å². The molecule has 108 valence electrons. The summed E-state index contributed by atoms with van der Waals surface area (Å²) < 4.78 is 3.17. The topological polar surface area (TPSA) is 29.9 Å². The highest BCUT2D eigenvalue weighted by atomic mass is 79.9. The van der Waals surface area contributed by atoms with Crippen LogP contribution in [0.1, 0.15) is 30.7 Å². The summed E-state index contributed by atoms with van der Waals surface area (Å²) in [6.07, 6.45) is 1.97. The molecule has 2 rings (SSSR count). The number of aromatic nitrogens is 2. The zero-order valence-electron chi connectivity index (χ0n) is 12.4. The smallest absolute Gasteiger partial charge is 0.0662 e. The number of benzene rings is 1. The molecule has 1 aromatic heterocycles. The van der Waals surface area contributed by atoms with Crippen molar-refractivity contribution in [3.63, 3.8) is 0 Å². The van der Waals surface area contributed by atoms with Crippen LogP contribution in [0.5, 0.6) is 0 Å². The van der Waals surface area contributed by atoms with Gasteiger partial charge in [-0.05, 0) is 37.1 Å². The summed E-state index contributed by atoms with van der Waals surface area (Å²) >= 11 is 3.51. The van der Waals surface area contributed by atoms with Crippen LogP contribution >= 0.6 is 15.9 Å². The molecule has 0 saturated heterocycles. The summed E-state index contributed by atoms with van der Waals surface area (Å²) in [7, 11) is 0. The summed E-state index contributed by atoms with van der Waals surface area (Å²) in [6.45, 7) is 9.32. The fraction of sp³-hybridized carbons (Fsp3) is 0.438. The second-order valence-corrected chi connectivity index (χ2v) is 6.48. The maximum atomic E-state index is 4.50. The van der Waals surface area contributed by atoms with E-state index in [0.717, 1.165) is 24.1 Å². The fourth-order valence-corrected chi connectivity index (χ4v) is 2.57. The van der Waals surface area contributed by atoms with Gasteiger partial charge in [-0.15, -0.1) is 0 Å². The quantitative estimate of drug-likeness (QED) is 0.871. The molecule has 0 atom stereocenters. The van der Waals surface area contributed by atoms with Crippen LogP contribution in [0.3, 0.4) is 0 Å². The van der Waals surface area contributed by atoms with Gasteiger partial charge in [0.1, 0.15) is 0 Å². The van der Waals surface area contributed by atoms with Crippen LogP contribution < -0.4 is 5.32 Å². The zero-order valence-corrected chi connectivity index (χ0v) is 13.9. The highest BCUT2D eigenvalue weighted by Gasteiger charge is 2.07. The number of nitrogens with zero attached hydrogens (tertiary/aromatic N) is 2. The third-order valence-corrected chi connectivity index (χ3v) is 3.79. The maximum Gasteiger partial charge on any atom is 0.0662 e. The van der Waals surface area contributed by atoms with E-state index in [2.05, 4.69) is 70.0 Å². The maximum absolute atomic E-state index is 4.50. The molecule has 2 aromatic rings. The lowest BCUT2D eigenvalue weighted by atomic mass is 10.2. The molecule has 0 aliphatic heterocycles. The van der Waals surface area contributed by atoms with Crippen LogP contribution in [0.15, 0.2) is 34.9 Å². The second kappa shape index (κ2) is 7.04. The Morgan fingerprint density at radius 3 is 2.85 bits per heavy atom. The Morgan fingerprint density at radius 1 is 1.35 bits per heavy atom. The molecule has 0 saturated carbocycles. The van der Waals surface area contributed by atoms with Crippen molar-refractivity contribution in [2.45, 2.75) is 33.9 Å². The van der Waals surface area contributed by atoms with Crippen LogP contribution in [0.2, 0.25) is 0 Å². The Hall–Kier alpha value is -1.13. The first-order valence-corrected chi connectivity index (χ1v) is 7.82. The highest BCUT2D eigenvalue weighted by Crippen LogP contribution is 2.14. The van der Waals surface area contributed by atoms with Gasteiger partial charge >= 0.3 is 0 Å². The molecule has 0 bridgehead atoms. The molecule has 0 unspecified atom stereocenters. The predicted molar refractivity (Wildman–Crippen MR) is 86.8 cm³/mol. The van der Waals surface area contributed by atoms with Crippen LogP contribution in [-0.2, 0) is 13.1 Å². The molecule has 1 aromatic carbocycles. The minimum Gasteiger partial charge on any atom is -0.312 e. The molecular weight excluding hydrogens is 314 g/mol. The molecule has 1 heterocycles.